The van der Waals surface area contributed by atoms with E-state index in [2.05, 4.69) is 21.2 Å². The Morgan fingerprint density at radius 1 is 1.53 bits per heavy atom. The van der Waals surface area contributed by atoms with Gasteiger partial charge in [-0.05, 0) is 31.0 Å². The van der Waals surface area contributed by atoms with Crippen LogP contribution in [0, 0.1) is 5.82 Å². The Hall–Kier alpha value is -0.940. The Balaban J connectivity index is 2.05. The minimum atomic E-state index is -0.512. The Morgan fingerprint density at radius 3 is 3.06 bits per heavy atom. The summed E-state index contributed by atoms with van der Waals surface area (Å²) < 4.78 is 19.4. The number of ether oxygens (including phenoxy) is 1. The third-order valence-electron chi connectivity index (χ3n) is 2.67. The quantitative estimate of drug-likeness (QED) is 0.911. The van der Waals surface area contributed by atoms with E-state index in [0.717, 1.165) is 19.4 Å². The maximum absolute atomic E-state index is 13.5. The van der Waals surface area contributed by atoms with Crippen LogP contribution in [0.1, 0.15) is 23.2 Å². The molecule has 5 heteroatoms. The number of carbonyl (C=O) groups excluding carboxylic acids is 1. The second kappa shape index (κ2) is 5.60. The van der Waals surface area contributed by atoms with Crippen molar-refractivity contribution in [3.05, 3.63) is 34.1 Å². The van der Waals surface area contributed by atoms with Gasteiger partial charge in [-0.25, -0.2) is 4.39 Å². The van der Waals surface area contributed by atoms with E-state index in [1.165, 1.54) is 12.1 Å². The van der Waals surface area contributed by atoms with Crippen molar-refractivity contribution in [3.63, 3.8) is 0 Å². The van der Waals surface area contributed by atoms with E-state index in [0.29, 0.717) is 11.1 Å². The minimum Gasteiger partial charge on any atom is -0.379 e. The van der Waals surface area contributed by atoms with Crippen molar-refractivity contribution in [3.8, 4) is 0 Å². The molecule has 1 atom stereocenters. The number of rotatable bonds is 2. The van der Waals surface area contributed by atoms with Gasteiger partial charge in [0.15, 0.2) is 0 Å². The molecule has 0 aromatic heterocycles. The molecule has 1 unspecified atom stereocenters. The lowest BCUT2D eigenvalue weighted by Crippen LogP contribution is -2.40. The summed E-state index contributed by atoms with van der Waals surface area (Å²) in [6.45, 7) is 1.24. The number of carbonyl (C=O) groups is 1. The van der Waals surface area contributed by atoms with E-state index in [9.17, 15) is 9.18 Å². The molecule has 0 spiro atoms. The van der Waals surface area contributed by atoms with E-state index < -0.39 is 5.82 Å². The maximum atomic E-state index is 13.5. The molecule has 0 saturated carbocycles. The van der Waals surface area contributed by atoms with Crippen molar-refractivity contribution in [2.24, 2.45) is 0 Å². The van der Waals surface area contributed by atoms with Crippen molar-refractivity contribution in [1.82, 2.24) is 5.32 Å². The fourth-order valence-corrected chi connectivity index (χ4v) is 2.15. The van der Waals surface area contributed by atoms with Crippen molar-refractivity contribution in [2.45, 2.75) is 18.9 Å². The van der Waals surface area contributed by atoms with Gasteiger partial charge in [0.1, 0.15) is 5.82 Å². The maximum Gasteiger partial charge on any atom is 0.254 e. The van der Waals surface area contributed by atoms with Crippen LogP contribution in [-0.4, -0.2) is 25.2 Å². The van der Waals surface area contributed by atoms with Gasteiger partial charge in [-0.3, -0.25) is 4.79 Å². The van der Waals surface area contributed by atoms with E-state index >= 15 is 0 Å². The first-order chi connectivity index (χ1) is 8.16. The normalized spacial score (nSPS) is 20.0. The largest absolute Gasteiger partial charge is 0.379 e. The summed E-state index contributed by atoms with van der Waals surface area (Å²) in [4.78, 5) is 11.9. The first-order valence-electron chi connectivity index (χ1n) is 5.50. The van der Waals surface area contributed by atoms with Crippen LogP contribution in [-0.2, 0) is 4.74 Å². The van der Waals surface area contributed by atoms with E-state index in [1.54, 1.807) is 6.07 Å². The highest BCUT2D eigenvalue weighted by Gasteiger charge is 2.19. The van der Waals surface area contributed by atoms with Gasteiger partial charge in [-0.1, -0.05) is 15.9 Å². The Kier molecular flexibility index (Phi) is 4.12. The van der Waals surface area contributed by atoms with Crippen LogP contribution in [0.15, 0.2) is 22.7 Å². The summed E-state index contributed by atoms with van der Waals surface area (Å²) in [7, 11) is 0. The SMILES string of the molecule is O=C(NC1CCCOC1)c1cc(Br)ccc1F. The van der Waals surface area contributed by atoms with E-state index in [4.69, 9.17) is 4.74 Å². The molecular formula is C12H13BrFNO2. The second-order valence-electron chi connectivity index (χ2n) is 4.01. The highest BCUT2D eigenvalue weighted by Crippen LogP contribution is 2.16. The molecule has 0 aliphatic carbocycles. The summed E-state index contributed by atoms with van der Waals surface area (Å²) in [5, 5.41) is 2.78. The molecule has 1 fully saturated rings. The molecular weight excluding hydrogens is 289 g/mol. The molecule has 2 rings (SSSR count). The topological polar surface area (TPSA) is 38.3 Å². The molecule has 92 valence electrons. The summed E-state index contributed by atoms with van der Waals surface area (Å²) in [5.41, 5.74) is 0.0601. The van der Waals surface area contributed by atoms with Gasteiger partial charge in [0.05, 0.1) is 18.2 Å². The number of hydrogen-bond donors (Lipinski definition) is 1. The number of halogens is 2. The molecule has 17 heavy (non-hydrogen) atoms. The molecule has 1 N–H and O–H groups in total. The van der Waals surface area contributed by atoms with Crippen LogP contribution in [0.25, 0.3) is 0 Å². The molecule has 1 saturated heterocycles. The minimum absolute atomic E-state index is 0.0189. The molecule has 1 aromatic carbocycles. The average Bonchev–Trinajstić information content (AvgIpc) is 2.33. The first kappa shape index (κ1) is 12.5. The summed E-state index contributed by atoms with van der Waals surface area (Å²) in [5.74, 6) is -0.901. The monoisotopic (exact) mass is 301 g/mol. The van der Waals surface area contributed by atoms with E-state index in [1.807, 2.05) is 0 Å². The Bertz CT molecular complexity index is 419. The van der Waals surface area contributed by atoms with Gasteiger partial charge in [0.25, 0.3) is 5.91 Å². The van der Waals surface area contributed by atoms with Crippen molar-refractivity contribution >= 4 is 21.8 Å². The Labute approximate surface area is 107 Å². The van der Waals surface area contributed by atoms with Crippen LogP contribution in [0.5, 0.6) is 0 Å². The van der Waals surface area contributed by atoms with Gasteiger partial charge < -0.3 is 10.1 Å². The molecule has 0 bridgehead atoms. The average molecular weight is 302 g/mol. The molecule has 3 nitrogen and oxygen atoms in total. The Morgan fingerprint density at radius 2 is 2.35 bits per heavy atom. The van der Waals surface area contributed by atoms with Crippen LogP contribution in [0.2, 0.25) is 0 Å². The zero-order chi connectivity index (χ0) is 12.3. The standard InChI is InChI=1S/C12H13BrFNO2/c13-8-3-4-11(14)10(6-8)12(16)15-9-2-1-5-17-7-9/h3-4,6,9H,1-2,5,7H2,(H,15,16). The molecule has 1 aliphatic rings. The smallest absolute Gasteiger partial charge is 0.254 e. The van der Waals surface area contributed by atoms with Gasteiger partial charge in [0.2, 0.25) is 0 Å². The molecule has 1 aliphatic heterocycles. The lowest BCUT2D eigenvalue weighted by molar-refractivity contribution is 0.0622. The lowest BCUT2D eigenvalue weighted by atomic mass is 10.1. The number of hydrogen-bond acceptors (Lipinski definition) is 2. The number of nitrogens with one attached hydrogen (secondary N) is 1. The van der Waals surface area contributed by atoms with Crippen LogP contribution in [0.3, 0.4) is 0 Å². The first-order valence-corrected chi connectivity index (χ1v) is 6.30. The van der Waals surface area contributed by atoms with Crippen LogP contribution < -0.4 is 5.32 Å². The van der Waals surface area contributed by atoms with Crippen molar-refractivity contribution in [2.75, 3.05) is 13.2 Å². The fraction of sp³-hybridized carbons (Fsp3) is 0.417. The summed E-state index contributed by atoms with van der Waals surface area (Å²) in [6, 6.07) is 4.30. The van der Waals surface area contributed by atoms with Gasteiger partial charge in [-0.15, -0.1) is 0 Å². The van der Waals surface area contributed by atoms with Crippen LogP contribution in [0.4, 0.5) is 4.39 Å². The van der Waals surface area contributed by atoms with Crippen molar-refractivity contribution < 1.29 is 13.9 Å². The molecule has 1 aromatic rings. The third-order valence-corrected chi connectivity index (χ3v) is 3.16. The third kappa shape index (κ3) is 3.26. The summed E-state index contributed by atoms with van der Waals surface area (Å²) >= 11 is 3.22. The number of amides is 1. The highest BCUT2D eigenvalue weighted by atomic mass is 79.9. The zero-order valence-corrected chi connectivity index (χ0v) is 10.8. The van der Waals surface area contributed by atoms with Gasteiger partial charge in [0, 0.05) is 11.1 Å². The van der Waals surface area contributed by atoms with E-state index in [-0.39, 0.29) is 17.5 Å². The van der Waals surface area contributed by atoms with Crippen LogP contribution >= 0.6 is 15.9 Å². The fourth-order valence-electron chi connectivity index (χ4n) is 1.79. The van der Waals surface area contributed by atoms with Crippen molar-refractivity contribution in [1.29, 1.82) is 0 Å². The molecule has 0 radical (unpaired) electrons. The molecule has 1 heterocycles. The summed E-state index contributed by atoms with van der Waals surface area (Å²) in [6.07, 6.45) is 1.80. The van der Waals surface area contributed by atoms with Gasteiger partial charge >= 0.3 is 0 Å². The predicted octanol–water partition coefficient (Wildman–Crippen LogP) is 2.50. The second-order valence-corrected chi connectivity index (χ2v) is 4.93. The zero-order valence-electron chi connectivity index (χ0n) is 9.21. The lowest BCUT2D eigenvalue weighted by Gasteiger charge is -2.23. The number of benzene rings is 1. The highest BCUT2D eigenvalue weighted by molar-refractivity contribution is 9.10. The van der Waals surface area contributed by atoms with Gasteiger partial charge in [-0.2, -0.15) is 0 Å². The predicted molar refractivity (Wildman–Crippen MR) is 65.4 cm³/mol. The molecule has 1 amide bonds.